The summed E-state index contributed by atoms with van der Waals surface area (Å²) < 4.78 is 17.2. The van der Waals surface area contributed by atoms with E-state index in [2.05, 4.69) is 47.5 Å². The van der Waals surface area contributed by atoms with Crippen molar-refractivity contribution in [2.45, 2.75) is 58.2 Å². The summed E-state index contributed by atoms with van der Waals surface area (Å²) in [6.45, 7) is 8.41. The third kappa shape index (κ3) is 3.62. The first kappa shape index (κ1) is 17.5. The number of hydrogen-bond donors (Lipinski definition) is 1. The van der Waals surface area contributed by atoms with Gasteiger partial charge in [0.25, 0.3) is 0 Å². The number of ether oxygens (including phenoxy) is 2. The summed E-state index contributed by atoms with van der Waals surface area (Å²) in [6, 6.07) is 6.43. The van der Waals surface area contributed by atoms with Gasteiger partial charge in [-0.1, -0.05) is 23.4 Å². The maximum Gasteiger partial charge on any atom is 0.244 e. The first-order chi connectivity index (χ1) is 12.5. The predicted molar refractivity (Wildman–Crippen MR) is 97.0 cm³/mol. The van der Waals surface area contributed by atoms with Crippen LogP contribution in [0.5, 0.6) is 5.75 Å². The molecule has 0 spiro atoms. The Morgan fingerprint density at radius 2 is 2.08 bits per heavy atom. The number of hydrogen-bond acceptors (Lipinski definition) is 6. The minimum absolute atomic E-state index is 0.0327. The van der Waals surface area contributed by atoms with Crippen molar-refractivity contribution in [2.75, 3.05) is 13.2 Å². The van der Waals surface area contributed by atoms with E-state index in [0.717, 1.165) is 38.2 Å². The molecular formula is C20H27N3O3. The molecule has 2 aliphatic heterocycles. The van der Waals surface area contributed by atoms with Gasteiger partial charge in [0.1, 0.15) is 11.4 Å². The van der Waals surface area contributed by atoms with E-state index in [-0.39, 0.29) is 11.6 Å². The lowest BCUT2D eigenvalue weighted by atomic mass is 9.91. The van der Waals surface area contributed by atoms with Gasteiger partial charge >= 0.3 is 0 Å². The van der Waals surface area contributed by atoms with Gasteiger partial charge in [-0.15, -0.1) is 0 Å². The Morgan fingerprint density at radius 3 is 2.81 bits per heavy atom. The SMILES string of the molecule is Cc1noc(C(NCc2cccc3c2OC(C)(C)C3)C2CCOCC2)n1. The highest BCUT2D eigenvalue weighted by Gasteiger charge is 2.33. The molecule has 1 atom stereocenters. The fourth-order valence-corrected chi connectivity index (χ4v) is 3.98. The largest absolute Gasteiger partial charge is 0.487 e. The van der Waals surface area contributed by atoms with Crippen LogP contribution in [-0.2, 0) is 17.7 Å². The van der Waals surface area contributed by atoms with E-state index in [1.54, 1.807) is 0 Å². The summed E-state index contributed by atoms with van der Waals surface area (Å²) in [6.07, 6.45) is 2.94. The summed E-state index contributed by atoms with van der Waals surface area (Å²) in [5, 5.41) is 7.64. The topological polar surface area (TPSA) is 69.4 Å². The Kier molecular flexibility index (Phi) is 4.71. The molecule has 1 N–H and O–H groups in total. The van der Waals surface area contributed by atoms with Crippen LogP contribution in [0.3, 0.4) is 0 Å². The summed E-state index contributed by atoms with van der Waals surface area (Å²) in [5.41, 5.74) is 2.33. The van der Waals surface area contributed by atoms with E-state index in [0.29, 0.717) is 24.2 Å². The standard InChI is InChI=1S/C20H27N3O3/c1-13-22-19(26-23-13)17(14-7-9-24-10-8-14)21-12-16-6-4-5-15-11-20(2,3)25-18(15)16/h4-6,14,17,21H,7-12H2,1-3H3. The Bertz CT molecular complexity index is 765. The molecule has 1 fully saturated rings. The molecule has 1 unspecified atom stereocenters. The number of benzene rings is 1. The molecule has 2 aliphatic rings. The van der Waals surface area contributed by atoms with Crippen LogP contribution in [0.4, 0.5) is 0 Å². The Hall–Kier alpha value is -1.92. The van der Waals surface area contributed by atoms with Gasteiger partial charge < -0.3 is 19.3 Å². The maximum absolute atomic E-state index is 6.20. The molecular weight excluding hydrogens is 330 g/mol. The molecule has 4 rings (SSSR count). The van der Waals surface area contributed by atoms with Gasteiger partial charge in [0, 0.05) is 31.7 Å². The first-order valence-corrected chi connectivity index (χ1v) is 9.43. The minimum Gasteiger partial charge on any atom is -0.487 e. The van der Waals surface area contributed by atoms with E-state index in [4.69, 9.17) is 14.0 Å². The van der Waals surface area contributed by atoms with E-state index < -0.39 is 0 Å². The molecule has 3 heterocycles. The lowest BCUT2D eigenvalue weighted by Gasteiger charge is -2.29. The molecule has 0 aliphatic carbocycles. The van der Waals surface area contributed by atoms with Crippen LogP contribution >= 0.6 is 0 Å². The van der Waals surface area contributed by atoms with Crippen molar-refractivity contribution in [3.05, 3.63) is 41.0 Å². The minimum atomic E-state index is -0.137. The quantitative estimate of drug-likeness (QED) is 0.885. The monoisotopic (exact) mass is 357 g/mol. The highest BCUT2D eigenvalue weighted by molar-refractivity contribution is 5.45. The van der Waals surface area contributed by atoms with Crippen molar-refractivity contribution in [3.63, 3.8) is 0 Å². The smallest absolute Gasteiger partial charge is 0.244 e. The normalized spacial score (nSPS) is 20.6. The molecule has 0 bridgehead atoms. The van der Waals surface area contributed by atoms with Crippen molar-refractivity contribution in [1.29, 1.82) is 0 Å². The van der Waals surface area contributed by atoms with Crippen LogP contribution in [0.25, 0.3) is 0 Å². The molecule has 0 radical (unpaired) electrons. The summed E-state index contributed by atoms with van der Waals surface area (Å²) >= 11 is 0. The lowest BCUT2D eigenvalue weighted by Crippen LogP contribution is -2.32. The van der Waals surface area contributed by atoms with Gasteiger partial charge in [-0.2, -0.15) is 4.98 Å². The van der Waals surface area contributed by atoms with Crippen molar-refractivity contribution < 1.29 is 14.0 Å². The fraction of sp³-hybridized carbons (Fsp3) is 0.600. The molecule has 1 aromatic heterocycles. The zero-order valence-electron chi connectivity index (χ0n) is 15.7. The number of aromatic nitrogens is 2. The summed E-state index contributed by atoms with van der Waals surface area (Å²) in [4.78, 5) is 4.48. The van der Waals surface area contributed by atoms with E-state index >= 15 is 0 Å². The molecule has 140 valence electrons. The van der Waals surface area contributed by atoms with E-state index in [9.17, 15) is 0 Å². The second-order valence-corrected chi connectivity index (χ2v) is 7.93. The van der Waals surface area contributed by atoms with Crippen molar-refractivity contribution in [1.82, 2.24) is 15.5 Å². The highest BCUT2D eigenvalue weighted by Crippen LogP contribution is 2.38. The fourth-order valence-electron chi connectivity index (χ4n) is 3.98. The molecule has 1 aromatic carbocycles. The second-order valence-electron chi connectivity index (χ2n) is 7.93. The second kappa shape index (κ2) is 7.00. The van der Waals surface area contributed by atoms with Gasteiger partial charge in [-0.3, -0.25) is 0 Å². The van der Waals surface area contributed by atoms with Gasteiger partial charge in [0.15, 0.2) is 5.82 Å². The third-order valence-corrected chi connectivity index (χ3v) is 5.23. The number of fused-ring (bicyclic) bond motifs is 1. The van der Waals surface area contributed by atoms with Crippen LogP contribution in [0.2, 0.25) is 0 Å². The maximum atomic E-state index is 6.20. The van der Waals surface area contributed by atoms with Crippen molar-refractivity contribution in [3.8, 4) is 5.75 Å². The molecule has 2 aromatic rings. The molecule has 0 amide bonds. The van der Waals surface area contributed by atoms with Crippen LogP contribution < -0.4 is 10.1 Å². The Morgan fingerprint density at radius 1 is 1.27 bits per heavy atom. The predicted octanol–water partition coefficient (Wildman–Crippen LogP) is 3.35. The van der Waals surface area contributed by atoms with Crippen molar-refractivity contribution in [2.24, 2.45) is 5.92 Å². The van der Waals surface area contributed by atoms with Crippen LogP contribution in [0.15, 0.2) is 22.7 Å². The third-order valence-electron chi connectivity index (χ3n) is 5.23. The number of nitrogens with one attached hydrogen (secondary N) is 1. The van der Waals surface area contributed by atoms with Crippen LogP contribution in [0, 0.1) is 12.8 Å². The van der Waals surface area contributed by atoms with Gasteiger partial charge in [-0.25, -0.2) is 0 Å². The first-order valence-electron chi connectivity index (χ1n) is 9.43. The number of para-hydroxylation sites is 1. The lowest BCUT2D eigenvalue weighted by molar-refractivity contribution is 0.0484. The molecule has 0 saturated carbocycles. The highest BCUT2D eigenvalue weighted by atomic mass is 16.5. The molecule has 6 heteroatoms. The Labute approximate surface area is 154 Å². The molecule has 1 saturated heterocycles. The number of aryl methyl sites for hydroxylation is 1. The van der Waals surface area contributed by atoms with E-state index in [1.807, 2.05) is 6.92 Å². The zero-order valence-corrected chi connectivity index (χ0v) is 15.7. The van der Waals surface area contributed by atoms with E-state index in [1.165, 1.54) is 11.1 Å². The van der Waals surface area contributed by atoms with Crippen LogP contribution in [-0.4, -0.2) is 29.0 Å². The van der Waals surface area contributed by atoms with Gasteiger partial charge in [-0.05, 0) is 45.1 Å². The summed E-state index contributed by atoms with van der Waals surface area (Å²) in [7, 11) is 0. The van der Waals surface area contributed by atoms with Crippen LogP contribution in [0.1, 0.15) is 55.6 Å². The van der Waals surface area contributed by atoms with Gasteiger partial charge in [0.05, 0.1) is 6.04 Å². The molecule has 6 nitrogen and oxygen atoms in total. The zero-order chi connectivity index (χ0) is 18.1. The van der Waals surface area contributed by atoms with Crippen molar-refractivity contribution >= 4 is 0 Å². The Balaban J connectivity index is 1.53. The van der Waals surface area contributed by atoms with Gasteiger partial charge in [0.2, 0.25) is 5.89 Å². The summed E-state index contributed by atoms with van der Waals surface area (Å²) in [5.74, 6) is 2.79. The number of rotatable bonds is 5. The number of nitrogens with zero attached hydrogens (tertiary/aromatic N) is 2. The average Bonchev–Trinajstić information content (AvgIpc) is 3.18. The average molecular weight is 357 g/mol. The molecule has 26 heavy (non-hydrogen) atoms.